The van der Waals surface area contributed by atoms with Crippen molar-refractivity contribution in [3.05, 3.63) is 58.6 Å². The number of nitrogens with zero attached hydrogens (tertiary/aromatic N) is 2. The summed E-state index contributed by atoms with van der Waals surface area (Å²) in [4.78, 5) is 0.182. The minimum Gasteiger partial charge on any atom is -0.207 e. The molecule has 146 valence electrons. The van der Waals surface area contributed by atoms with Gasteiger partial charge in [0, 0.05) is 35.7 Å². The second-order valence-corrected chi connectivity index (χ2v) is 10.9. The first-order chi connectivity index (χ1) is 12.6. The highest BCUT2D eigenvalue weighted by molar-refractivity contribution is 7.89. The van der Waals surface area contributed by atoms with Crippen LogP contribution in [0.3, 0.4) is 0 Å². The smallest absolute Gasteiger partial charge is 0.207 e. The third-order valence-electron chi connectivity index (χ3n) is 4.37. The van der Waals surface area contributed by atoms with E-state index in [1.54, 1.807) is 31.2 Å². The lowest BCUT2D eigenvalue weighted by Gasteiger charge is -2.38. The van der Waals surface area contributed by atoms with Gasteiger partial charge in [-0.15, -0.1) is 0 Å². The van der Waals surface area contributed by atoms with Gasteiger partial charge in [-0.3, -0.25) is 0 Å². The normalized spacial score (nSPS) is 19.9. The molecule has 0 radical (unpaired) electrons. The Morgan fingerprint density at radius 2 is 1.37 bits per heavy atom. The Morgan fingerprint density at radius 3 is 1.85 bits per heavy atom. The van der Waals surface area contributed by atoms with E-state index in [2.05, 4.69) is 0 Å². The lowest BCUT2D eigenvalue weighted by molar-refractivity contribution is 0.212. The van der Waals surface area contributed by atoms with E-state index in [0.29, 0.717) is 10.0 Å². The Kier molecular flexibility index (Phi) is 5.86. The van der Waals surface area contributed by atoms with Crippen molar-refractivity contribution in [2.24, 2.45) is 0 Å². The van der Waals surface area contributed by atoms with Crippen LogP contribution < -0.4 is 0 Å². The highest BCUT2D eigenvalue weighted by Crippen LogP contribution is 2.27. The Balaban J connectivity index is 1.84. The summed E-state index contributed by atoms with van der Waals surface area (Å²) in [7, 11) is -7.52. The minimum absolute atomic E-state index is 0.0502. The summed E-state index contributed by atoms with van der Waals surface area (Å²) >= 11 is 11.8. The zero-order chi connectivity index (χ0) is 19.8. The topological polar surface area (TPSA) is 74.8 Å². The maximum Gasteiger partial charge on any atom is 0.243 e. The average Bonchev–Trinajstić information content (AvgIpc) is 2.61. The summed E-state index contributed by atoms with van der Waals surface area (Å²) in [6.45, 7) is 1.84. The van der Waals surface area contributed by atoms with Gasteiger partial charge in [-0.25, -0.2) is 16.8 Å². The second kappa shape index (κ2) is 7.69. The molecule has 0 amide bonds. The van der Waals surface area contributed by atoms with E-state index < -0.39 is 26.1 Å². The number of hydrogen-bond acceptors (Lipinski definition) is 4. The maximum absolute atomic E-state index is 12.9. The molecule has 1 aliphatic heterocycles. The Bertz CT molecular complexity index is 1060. The summed E-state index contributed by atoms with van der Waals surface area (Å²) < 4.78 is 54.1. The van der Waals surface area contributed by atoms with E-state index in [0.717, 1.165) is 0 Å². The van der Waals surface area contributed by atoms with Gasteiger partial charge in [0.05, 0.1) is 9.79 Å². The summed E-state index contributed by atoms with van der Waals surface area (Å²) in [5.41, 5.74) is 0. The van der Waals surface area contributed by atoms with Gasteiger partial charge in [-0.2, -0.15) is 8.61 Å². The molecular formula is C17H18Cl2N2O4S2. The Morgan fingerprint density at radius 1 is 0.852 bits per heavy atom. The van der Waals surface area contributed by atoms with E-state index in [1.807, 2.05) is 0 Å². The third-order valence-corrected chi connectivity index (χ3v) is 8.71. The number of rotatable bonds is 4. The van der Waals surface area contributed by atoms with Gasteiger partial charge in [0.1, 0.15) is 0 Å². The van der Waals surface area contributed by atoms with E-state index in [-0.39, 0.29) is 29.4 Å². The molecule has 1 saturated heterocycles. The van der Waals surface area contributed by atoms with Crippen LogP contribution in [0.25, 0.3) is 0 Å². The first kappa shape index (κ1) is 20.6. The van der Waals surface area contributed by atoms with Crippen molar-refractivity contribution in [3.63, 3.8) is 0 Å². The second-order valence-electron chi connectivity index (χ2n) is 6.24. The Hall–Kier alpha value is -1.16. The average molecular weight is 449 g/mol. The summed E-state index contributed by atoms with van der Waals surface area (Å²) in [5.74, 6) is 0. The number of hydrogen-bond donors (Lipinski definition) is 0. The SMILES string of the molecule is C[C@@H]1CN(S(=O)(=O)c2cccc(Cl)c2)CCN1S(=O)(=O)c1cccc(Cl)c1. The molecule has 0 N–H and O–H groups in total. The first-order valence-corrected chi connectivity index (χ1v) is 11.8. The van der Waals surface area contributed by atoms with Crippen molar-refractivity contribution < 1.29 is 16.8 Å². The predicted octanol–water partition coefficient (Wildman–Crippen LogP) is 3.08. The Labute approximate surface area is 169 Å². The third kappa shape index (κ3) is 4.16. The van der Waals surface area contributed by atoms with Crippen LogP contribution in [0.5, 0.6) is 0 Å². The molecule has 0 saturated carbocycles. The molecule has 0 bridgehead atoms. The molecular weight excluding hydrogens is 431 g/mol. The molecule has 1 aliphatic rings. The van der Waals surface area contributed by atoms with Crippen LogP contribution in [0, 0.1) is 0 Å². The van der Waals surface area contributed by atoms with Gasteiger partial charge in [-0.1, -0.05) is 35.3 Å². The van der Waals surface area contributed by atoms with Crippen LogP contribution in [0.1, 0.15) is 6.92 Å². The van der Waals surface area contributed by atoms with Crippen LogP contribution in [-0.2, 0) is 20.0 Å². The molecule has 3 rings (SSSR count). The van der Waals surface area contributed by atoms with Crippen LogP contribution in [0.2, 0.25) is 10.0 Å². The van der Waals surface area contributed by atoms with Gasteiger partial charge < -0.3 is 0 Å². The zero-order valence-electron chi connectivity index (χ0n) is 14.4. The number of benzene rings is 2. The molecule has 1 fully saturated rings. The van der Waals surface area contributed by atoms with Crippen LogP contribution in [0.4, 0.5) is 0 Å². The molecule has 0 aromatic heterocycles. The fourth-order valence-corrected chi connectivity index (χ4v) is 6.75. The van der Waals surface area contributed by atoms with Gasteiger partial charge in [0.2, 0.25) is 20.0 Å². The molecule has 6 nitrogen and oxygen atoms in total. The minimum atomic E-state index is -3.77. The standard InChI is InChI=1S/C17H18Cl2N2O4S2/c1-13-12-20(26(22,23)16-6-2-4-14(18)10-16)8-9-21(13)27(24,25)17-7-3-5-15(19)11-17/h2-7,10-11,13H,8-9,12H2,1H3/t13-/m1/s1. The van der Waals surface area contributed by atoms with Crippen molar-refractivity contribution in [2.75, 3.05) is 19.6 Å². The van der Waals surface area contributed by atoms with Crippen molar-refractivity contribution >= 4 is 43.2 Å². The van der Waals surface area contributed by atoms with Crippen molar-refractivity contribution in [2.45, 2.75) is 22.8 Å². The fourth-order valence-electron chi connectivity index (χ4n) is 3.02. The number of halogens is 2. The van der Waals surface area contributed by atoms with Crippen LogP contribution in [0.15, 0.2) is 58.3 Å². The van der Waals surface area contributed by atoms with E-state index in [9.17, 15) is 16.8 Å². The van der Waals surface area contributed by atoms with Gasteiger partial charge in [-0.05, 0) is 43.3 Å². The fraction of sp³-hybridized carbons (Fsp3) is 0.294. The summed E-state index contributed by atoms with van der Waals surface area (Å²) in [6, 6.07) is 11.5. The molecule has 0 aliphatic carbocycles. The lowest BCUT2D eigenvalue weighted by atomic mass is 10.3. The maximum atomic E-state index is 12.9. The molecule has 0 unspecified atom stereocenters. The number of piperazine rings is 1. The highest BCUT2D eigenvalue weighted by atomic mass is 35.5. The van der Waals surface area contributed by atoms with Crippen LogP contribution in [-0.4, -0.2) is 51.1 Å². The molecule has 2 aromatic rings. The molecule has 2 aromatic carbocycles. The molecule has 1 atom stereocenters. The van der Waals surface area contributed by atoms with Crippen LogP contribution >= 0.6 is 23.2 Å². The molecule has 10 heteroatoms. The van der Waals surface area contributed by atoms with Crippen molar-refractivity contribution in [1.82, 2.24) is 8.61 Å². The zero-order valence-corrected chi connectivity index (χ0v) is 17.6. The molecule has 0 spiro atoms. The summed E-state index contributed by atoms with van der Waals surface area (Å²) in [6.07, 6.45) is 0. The van der Waals surface area contributed by atoms with Gasteiger partial charge in [0.15, 0.2) is 0 Å². The van der Waals surface area contributed by atoms with Gasteiger partial charge in [0.25, 0.3) is 0 Å². The largest absolute Gasteiger partial charge is 0.243 e. The van der Waals surface area contributed by atoms with E-state index >= 15 is 0 Å². The van der Waals surface area contributed by atoms with Crippen molar-refractivity contribution in [3.8, 4) is 0 Å². The number of sulfonamides is 2. The predicted molar refractivity (Wildman–Crippen MR) is 105 cm³/mol. The monoisotopic (exact) mass is 448 g/mol. The quantitative estimate of drug-likeness (QED) is 0.719. The molecule has 1 heterocycles. The van der Waals surface area contributed by atoms with Crippen molar-refractivity contribution in [1.29, 1.82) is 0 Å². The molecule has 27 heavy (non-hydrogen) atoms. The van der Waals surface area contributed by atoms with Gasteiger partial charge >= 0.3 is 0 Å². The summed E-state index contributed by atoms with van der Waals surface area (Å²) in [5, 5.41) is 0.650. The van der Waals surface area contributed by atoms with E-state index in [1.165, 1.54) is 32.9 Å². The lowest BCUT2D eigenvalue weighted by Crippen LogP contribution is -2.55. The van der Waals surface area contributed by atoms with E-state index in [4.69, 9.17) is 23.2 Å². The first-order valence-electron chi connectivity index (χ1n) is 8.15. The highest BCUT2D eigenvalue weighted by Gasteiger charge is 2.38.